The van der Waals surface area contributed by atoms with Gasteiger partial charge in [-0.1, -0.05) is 24.3 Å². The van der Waals surface area contributed by atoms with Crippen LogP contribution in [-0.2, 0) is 16.6 Å². The number of nitrogens with one attached hydrogen (secondary N) is 2. The van der Waals surface area contributed by atoms with Crippen molar-refractivity contribution >= 4 is 23.8 Å². The molecule has 3 aromatic rings. The van der Waals surface area contributed by atoms with Crippen molar-refractivity contribution in [2.75, 3.05) is 11.9 Å². The lowest BCUT2D eigenvalue weighted by molar-refractivity contribution is -0.137. The third-order valence-corrected chi connectivity index (χ3v) is 4.44. The summed E-state index contributed by atoms with van der Waals surface area (Å²) in [6, 6.07) is 11.9. The molecule has 0 aliphatic carbocycles. The molecule has 1 aromatic heterocycles. The summed E-state index contributed by atoms with van der Waals surface area (Å²) in [5.74, 6) is -0.243. The molecule has 0 radical (unpaired) electrons. The molecule has 2 amide bonds. The highest BCUT2D eigenvalue weighted by Gasteiger charge is 2.21. The summed E-state index contributed by atoms with van der Waals surface area (Å²) in [6.45, 7) is 2.06. The number of anilines is 1. The highest BCUT2D eigenvalue weighted by atomic mass is 19.1. The number of benzene rings is 2. The van der Waals surface area contributed by atoms with Crippen molar-refractivity contribution in [2.24, 2.45) is 7.05 Å². The third kappa shape index (κ3) is 6.02. The zero-order chi connectivity index (χ0) is 22.2. The predicted octanol–water partition coefficient (Wildman–Crippen LogP) is 4.05. The molecule has 0 fully saturated rings. The molecule has 31 heavy (non-hydrogen) atoms. The smallest absolute Gasteiger partial charge is 0.330 e. The number of amides is 2. The molecule has 0 spiro atoms. The average Bonchev–Trinajstić information content (AvgIpc) is 3.17. The molecule has 0 aliphatic heterocycles. The summed E-state index contributed by atoms with van der Waals surface area (Å²) in [5.41, 5.74) is 1.91. The van der Waals surface area contributed by atoms with Crippen molar-refractivity contribution < 1.29 is 18.7 Å². The van der Waals surface area contributed by atoms with Crippen LogP contribution in [0.1, 0.15) is 29.9 Å². The van der Waals surface area contributed by atoms with Crippen LogP contribution in [0.25, 0.3) is 6.08 Å². The lowest BCUT2D eigenvalue weighted by atomic mass is 10.1. The van der Waals surface area contributed by atoms with Crippen LogP contribution < -0.4 is 10.6 Å². The fourth-order valence-electron chi connectivity index (χ4n) is 2.97. The van der Waals surface area contributed by atoms with Crippen LogP contribution in [0.3, 0.4) is 0 Å². The molecule has 1 atom stereocenters. The van der Waals surface area contributed by atoms with Gasteiger partial charge in [0.1, 0.15) is 17.7 Å². The summed E-state index contributed by atoms with van der Waals surface area (Å²) in [6.07, 6.45) is 6.34. The maximum Gasteiger partial charge on any atom is 0.330 e. The van der Waals surface area contributed by atoms with Crippen molar-refractivity contribution in [1.82, 2.24) is 14.9 Å². The second-order valence-corrected chi connectivity index (χ2v) is 6.69. The molecule has 160 valence electrons. The van der Waals surface area contributed by atoms with Crippen LogP contribution in [0.4, 0.5) is 14.9 Å². The van der Waals surface area contributed by atoms with Crippen molar-refractivity contribution in [2.45, 2.75) is 13.0 Å². The Morgan fingerprint density at radius 1 is 1.23 bits per heavy atom. The highest BCUT2D eigenvalue weighted by molar-refractivity contribution is 5.90. The summed E-state index contributed by atoms with van der Waals surface area (Å²) < 4.78 is 20.4. The number of nitrogens with zero attached hydrogens (tertiary/aromatic N) is 2. The van der Waals surface area contributed by atoms with E-state index in [-0.39, 0.29) is 0 Å². The second kappa shape index (κ2) is 10.2. The third-order valence-electron chi connectivity index (χ3n) is 4.44. The number of urea groups is 1. The van der Waals surface area contributed by atoms with E-state index in [1.54, 1.807) is 73.4 Å². The summed E-state index contributed by atoms with van der Waals surface area (Å²) >= 11 is 0. The van der Waals surface area contributed by atoms with E-state index >= 15 is 0 Å². The Morgan fingerprint density at radius 2 is 2.00 bits per heavy atom. The molecule has 7 nitrogen and oxygen atoms in total. The number of carbonyl (C=O) groups is 2. The molecular weight excluding hydrogens is 399 g/mol. The molecule has 2 aromatic carbocycles. The Hall–Kier alpha value is -3.94. The molecule has 3 rings (SSSR count). The Balaban J connectivity index is 1.70. The second-order valence-electron chi connectivity index (χ2n) is 6.69. The van der Waals surface area contributed by atoms with E-state index in [2.05, 4.69) is 15.6 Å². The van der Waals surface area contributed by atoms with Crippen LogP contribution in [0.15, 0.2) is 67.0 Å². The van der Waals surface area contributed by atoms with Gasteiger partial charge in [0.15, 0.2) is 0 Å². The molecule has 2 N–H and O–H groups in total. The van der Waals surface area contributed by atoms with Gasteiger partial charge in [0.25, 0.3) is 0 Å². The van der Waals surface area contributed by atoms with Crippen LogP contribution in [0, 0.1) is 5.82 Å². The summed E-state index contributed by atoms with van der Waals surface area (Å²) in [5, 5.41) is 5.60. The van der Waals surface area contributed by atoms with Crippen LogP contribution in [0.2, 0.25) is 0 Å². The first kappa shape index (κ1) is 21.8. The van der Waals surface area contributed by atoms with Crippen molar-refractivity contribution in [3.05, 3.63) is 89.8 Å². The van der Waals surface area contributed by atoms with Gasteiger partial charge in [0.05, 0.1) is 6.61 Å². The number of carbonyl (C=O) groups excluding carboxylic acids is 2. The van der Waals surface area contributed by atoms with E-state index in [1.807, 2.05) is 0 Å². The van der Waals surface area contributed by atoms with Crippen LogP contribution in [-0.4, -0.2) is 28.2 Å². The van der Waals surface area contributed by atoms with Gasteiger partial charge in [-0.3, -0.25) is 0 Å². The largest absolute Gasteiger partial charge is 0.463 e. The highest BCUT2D eigenvalue weighted by Crippen LogP contribution is 2.21. The van der Waals surface area contributed by atoms with Gasteiger partial charge in [-0.15, -0.1) is 0 Å². The van der Waals surface area contributed by atoms with Gasteiger partial charge in [-0.2, -0.15) is 0 Å². The van der Waals surface area contributed by atoms with Crippen molar-refractivity contribution in [1.29, 1.82) is 0 Å². The quantitative estimate of drug-likeness (QED) is 0.444. The van der Waals surface area contributed by atoms with E-state index in [9.17, 15) is 14.0 Å². The Labute approximate surface area is 179 Å². The van der Waals surface area contributed by atoms with E-state index in [0.717, 1.165) is 5.56 Å². The first-order valence-corrected chi connectivity index (χ1v) is 9.71. The van der Waals surface area contributed by atoms with Gasteiger partial charge >= 0.3 is 12.0 Å². The van der Waals surface area contributed by atoms with Gasteiger partial charge in [-0.05, 0) is 48.4 Å². The molecule has 1 unspecified atom stereocenters. The zero-order valence-corrected chi connectivity index (χ0v) is 17.2. The fourth-order valence-corrected chi connectivity index (χ4v) is 2.97. The Bertz CT molecular complexity index is 1080. The Morgan fingerprint density at radius 3 is 2.65 bits per heavy atom. The summed E-state index contributed by atoms with van der Waals surface area (Å²) in [7, 11) is 1.80. The number of ether oxygens (including phenoxy) is 1. The predicted molar refractivity (Wildman–Crippen MR) is 116 cm³/mol. The maximum atomic E-state index is 13.8. The number of esters is 1. The molecule has 1 heterocycles. The minimum Gasteiger partial charge on any atom is -0.463 e. The Kier molecular flexibility index (Phi) is 7.16. The van der Waals surface area contributed by atoms with E-state index < -0.39 is 23.9 Å². The molecule has 8 heteroatoms. The number of hydrogen-bond acceptors (Lipinski definition) is 4. The van der Waals surface area contributed by atoms with Gasteiger partial charge in [0, 0.05) is 31.2 Å². The molecule has 0 saturated heterocycles. The van der Waals surface area contributed by atoms with Crippen LogP contribution >= 0.6 is 0 Å². The average molecular weight is 422 g/mol. The van der Waals surface area contributed by atoms with Crippen molar-refractivity contribution in [3.63, 3.8) is 0 Å². The van der Waals surface area contributed by atoms with Gasteiger partial charge < -0.3 is 19.9 Å². The number of aryl methyl sites for hydroxylation is 1. The lowest BCUT2D eigenvalue weighted by Crippen LogP contribution is -2.34. The first-order chi connectivity index (χ1) is 15.0. The van der Waals surface area contributed by atoms with E-state index in [4.69, 9.17) is 4.74 Å². The van der Waals surface area contributed by atoms with Crippen molar-refractivity contribution in [3.8, 4) is 0 Å². The van der Waals surface area contributed by atoms with E-state index in [0.29, 0.717) is 23.7 Å². The molecule has 0 bridgehead atoms. The monoisotopic (exact) mass is 422 g/mol. The number of rotatable bonds is 7. The topological polar surface area (TPSA) is 85.2 Å². The molecule has 0 aliphatic rings. The SMILES string of the molecule is CCOC(=O)/C=C/c1ccc(NC(=O)NC(c2cccc(F)c2)c2nccn2C)cc1. The zero-order valence-electron chi connectivity index (χ0n) is 17.2. The van der Waals surface area contributed by atoms with Gasteiger partial charge in [-0.25, -0.2) is 19.0 Å². The minimum absolute atomic E-state index is 0.316. The number of hydrogen-bond donors (Lipinski definition) is 2. The normalized spacial score (nSPS) is 11.8. The maximum absolute atomic E-state index is 13.8. The molecular formula is C23H23FN4O3. The number of halogens is 1. The van der Waals surface area contributed by atoms with Crippen LogP contribution in [0.5, 0.6) is 0 Å². The minimum atomic E-state index is -0.637. The molecule has 0 saturated carbocycles. The van der Waals surface area contributed by atoms with Gasteiger partial charge in [0.2, 0.25) is 0 Å². The van der Waals surface area contributed by atoms with E-state index in [1.165, 1.54) is 18.2 Å². The first-order valence-electron chi connectivity index (χ1n) is 9.71. The standard InChI is InChI=1S/C23H23FN4O3/c1-3-31-20(29)12-9-16-7-10-19(11-8-16)26-23(30)27-21(22-25-13-14-28(22)2)17-5-4-6-18(24)15-17/h4-15,21H,3H2,1-2H3,(H2,26,27,30)/b12-9+. The number of imidazole rings is 1. The summed E-state index contributed by atoms with van der Waals surface area (Å²) in [4.78, 5) is 28.3. The lowest BCUT2D eigenvalue weighted by Gasteiger charge is -2.19. The number of aromatic nitrogens is 2. The fraction of sp³-hybridized carbons (Fsp3) is 0.174.